The standard InChI is InChI=1S/C22H33N5O3.HI/c1-16-6-4-5-7-19(16)25-21(24-15-20(28)26(2)3)23-14-17-8-10-18(11-9-17)27-12-13-30-22(27)29;/h8-11,16,19H,4-7,12-15H2,1-3H3,(H2,23,24,25);1H. The van der Waals surface area contributed by atoms with Crippen LogP contribution in [0.3, 0.4) is 0 Å². The molecule has 0 spiro atoms. The first-order valence-corrected chi connectivity index (χ1v) is 10.7. The molecule has 1 aromatic rings. The molecular formula is C22H34IN5O3. The predicted molar refractivity (Wildman–Crippen MR) is 133 cm³/mol. The van der Waals surface area contributed by atoms with E-state index in [0.29, 0.717) is 37.6 Å². The number of anilines is 1. The number of amides is 2. The number of hydrogen-bond acceptors (Lipinski definition) is 4. The van der Waals surface area contributed by atoms with Gasteiger partial charge in [0, 0.05) is 25.8 Å². The number of nitrogens with one attached hydrogen (secondary N) is 2. The van der Waals surface area contributed by atoms with Crippen LogP contribution in [0.15, 0.2) is 29.3 Å². The lowest BCUT2D eigenvalue weighted by Gasteiger charge is -2.31. The van der Waals surface area contributed by atoms with Crippen molar-refractivity contribution in [2.45, 2.75) is 45.2 Å². The highest BCUT2D eigenvalue weighted by atomic mass is 127. The minimum Gasteiger partial charge on any atom is -0.447 e. The largest absolute Gasteiger partial charge is 0.447 e. The van der Waals surface area contributed by atoms with Gasteiger partial charge in [-0.15, -0.1) is 24.0 Å². The normalized spacial score (nSPS) is 21.2. The highest BCUT2D eigenvalue weighted by Gasteiger charge is 2.24. The maximum Gasteiger partial charge on any atom is 0.414 e. The van der Waals surface area contributed by atoms with Crippen LogP contribution in [0.2, 0.25) is 0 Å². The predicted octanol–water partition coefficient (Wildman–Crippen LogP) is 2.96. The van der Waals surface area contributed by atoms with Gasteiger partial charge in [0.2, 0.25) is 5.91 Å². The van der Waals surface area contributed by atoms with Gasteiger partial charge in [0.15, 0.2) is 5.96 Å². The number of likely N-dealkylation sites (N-methyl/N-ethyl adjacent to an activating group) is 1. The Balaban J connectivity index is 0.00000341. The molecule has 172 valence electrons. The quantitative estimate of drug-likeness (QED) is 0.328. The van der Waals surface area contributed by atoms with Crippen molar-refractivity contribution in [1.29, 1.82) is 0 Å². The fourth-order valence-electron chi connectivity index (χ4n) is 3.76. The molecule has 2 atom stereocenters. The topological polar surface area (TPSA) is 86.3 Å². The minimum absolute atomic E-state index is 0. The van der Waals surface area contributed by atoms with Gasteiger partial charge in [0.1, 0.15) is 6.61 Å². The molecule has 2 unspecified atom stereocenters. The van der Waals surface area contributed by atoms with E-state index in [1.165, 1.54) is 19.3 Å². The Morgan fingerprint density at radius 3 is 2.55 bits per heavy atom. The molecule has 31 heavy (non-hydrogen) atoms. The summed E-state index contributed by atoms with van der Waals surface area (Å²) in [6.07, 6.45) is 4.51. The summed E-state index contributed by atoms with van der Waals surface area (Å²) in [6.45, 7) is 3.96. The van der Waals surface area contributed by atoms with Crippen LogP contribution in [0.25, 0.3) is 0 Å². The molecule has 1 aliphatic heterocycles. The molecule has 1 aliphatic carbocycles. The molecule has 2 fully saturated rings. The van der Waals surface area contributed by atoms with Crippen molar-refractivity contribution in [3.63, 3.8) is 0 Å². The number of cyclic esters (lactones) is 1. The van der Waals surface area contributed by atoms with E-state index in [1.54, 1.807) is 23.9 Å². The van der Waals surface area contributed by atoms with Gasteiger partial charge in [-0.1, -0.05) is 31.9 Å². The third-order valence-electron chi connectivity index (χ3n) is 5.77. The molecule has 2 amide bonds. The zero-order chi connectivity index (χ0) is 21.5. The summed E-state index contributed by atoms with van der Waals surface area (Å²) in [5.74, 6) is 1.24. The van der Waals surface area contributed by atoms with Gasteiger partial charge in [-0.3, -0.25) is 9.69 Å². The molecule has 1 heterocycles. The Labute approximate surface area is 201 Å². The summed E-state index contributed by atoms with van der Waals surface area (Å²) >= 11 is 0. The van der Waals surface area contributed by atoms with Crippen molar-refractivity contribution >= 4 is 47.6 Å². The van der Waals surface area contributed by atoms with E-state index >= 15 is 0 Å². The number of halogens is 1. The van der Waals surface area contributed by atoms with Crippen LogP contribution in [-0.4, -0.2) is 62.7 Å². The monoisotopic (exact) mass is 543 g/mol. The second-order valence-corrected chi connectivity index (χ2v) is 8.25. The Morgan fingerprint density at radius 1 is 1.23 bits per heavy atom. The molecule has 8 nitrogen and oxygen atoms in total. The molecule has 1 saturated heterocycles. The van der Waals surface area contributed by atoms with Crippen LogP contribution < -0.4 is 15.5 Å². The number of carbonyl (C=O) groups excluding carboxylic acids is 2. The highest BCUT2D eigenvalue weighted by molar-refractivity contribution is 14.0. The first-order chi connectivity index (χ1) is 14.4. The third-order valence-corrected chi connectivity index (χ3v) is 5.77. The number of ether oxygens (including phenoxy) is 1. The lowest BCUT2D eigenvalue weighted by molar-refractivity contribution is -0.127. The maximum atomic E-state index is 12.0. The van der Waals surface area contributed by atoms with Gasteiger partial charge >= 0.3 is 6.09 Å². The van der Waals surface area contributed by atoms with Gasteiger partial charge in [-0.05, 0) is 36.5 Å². The van der Waals surface area contributed by atoms with Crippen molar-refractivity contribution in [3.8, 4) is 0 Å². The van der Waals surface area contributed by atoms with Gasteiger partial charge < -0.3 is 20.3 Å². The number of rotatable bonds is 6. The molecule has 2 N–H and O–H groups in total. The van der Waals surface area contributed by atoms with Crippen LogP contribution in [-0.2, 0) is 16.1 Å². The first-order valence-electron chi connectivity index (χ1n) is 10.7. The van der Waals surface area contributed by atoms with Gasteiger partial charge in [-0.2, -0.15) is 0 Å². The van der Waals surface area contributed by atoms with Crippen molar-refractivity contribution in [1.82, 2.24) is 15.5 Å². The Morgan fingerprint density at radius 2 is 1.94 bits per heavy atom. The van der Waals surface area contributed by atoms with E-state index in [-0.39, 0.29) is 42.5 Å². The molecule has 9 heteroatoms. The van der Waals surface area contributed by atoms with E-state index < -0.39 is 0 Å². The van der Waals surface area contributed by atoms with Crippen LogP contribution in [0.5, 0.6) is 0 Å². The molecule has 0 bridgehead atoms. The summed E-state index contributed by atoms with van der Waals surface area (Å²) in [5, 5.41) is 6.71. The van der Waals surface area contributed by atoms with E-state index in [9.17, 15) is 9.59 Å². The second kappa shape index (κ2) is 12.1. The highest BCUT2D eigenvalue weighted by Crippen LogP contribution is 2.23. The number of hydrogen-bond donors (Lipinski definition) is 2. The van der Waals surface area contributed by atoms with Gasteiger partial charge in [0.05, 0.1) is 19.6 Å². The number of guanidine groups is 1. The van der Waals surface area contributed by atoms with E-state index in [1.807, 2.05) is 24.3 Å². The minimum atomic E-state index is -0.302. The maximum absolute atomic E-state index is 12.0. The number of aliphatic imine (C=N–C) groups is 1. The van der Waals surface area contributed by atoms with E-state index in [2.05, 4.69) is 17.6 Å². The summed E-state index contributed by atoms with van der Waals surface area (Å²) < 4.78 is 4.99. The van der Waals surface area contributed by atoms with Gasteiger partial charge in [0.25, 0.3) is 0 Å². The van der Waals surface area contributed by atoms with E-state index in [4.69, 9.17) is 9.73 Å². The lowest BCUT2D eigenvalue weighted by Crippen LogP contribution is -2.49. The summed E-state index contributed by atoms with van der Waals surface area (Å²) in [7, 11) is 3.49. The average molecular weight is 543 g/mol. The van der Waals surface area contributed by atoms with Crippen LogP contribution in [0.4, 0.5) is 10.5 Å². The van der Waals surface area contributed by atoms with Crippen LogP contribution in [0, 0.1) is 5.92 Å². The van der Waals surface area contributed by atoms with Crippen molar-refractivity contribution in [2.75, 3.05) is 38.7 Å². The summed E-state index contributed by atoms with van der Waals surface area (Å²) in [6, 6.07) is 8.13. The number of carbonyl (C=O) groups is 2. The summed E-state index contributed by atoms with van der Waals surface area (Å²) in [4.78, 5) is 31.6. The van der Waals surface area contributed by atoms with Gasteiger partial charge in [-0.25, -0.2) is 9.79 Å². The van der Waals surface area contributed by atoms with Crippen LogP contribution in [0.1, 0.15) is 38.2 Å². The molecule has 0 aromatic heterocycles. The van der Waals surface area contributed by atoms with Crippen molar-refractivity contribution in [2.24, 2.45) is 10.9 Å². The Bertz CT molecular complexity index is 769. The molecule has 1 aromatic carbocycles. The zero-order valence-electron chi connectivity index (χ0n) is 18.6. The second-order valence-electron chi connectivity index (χ2n) is 8.25. The molecule has 0 radical (unpaired) electrons. The van der Waals surface area contributed by atoms with E-state index in [0.717, 1.165) is 17.7 Å². The fraction of sp³-hybridized carbons (Fsp3) is 0.591. The summed E-state index contributed by atoms with van der Waals surface area (Å²) in [5.41, 5.74) is 1.86. The average Bonchev–Trinajstić information content (AvgIpc) is 3.17. The van der Waals surface area contributed by atoms with Crippen molar-refractivity contribution in [3.05, 3.63) is 29.8 Å². The van der Waals surface area contributed by atoms with Crippen LogP contribution >= 0.6 is 24.0 Å². The SMILES string of the molecule is CC1CCCCC1NC(=NCc1ccc(N2CCOC2=O)cc1)NCC(=O)N(C)C.I. The smallest absolute Gasteiger partial charge is 0.414 e. The fourth-order valence-corrected chi connectivity index (χ4v) is 3.76. The first kappa shape index (κ1) is 25.2. The Hall–Kier alpha value is -2.04. The molecule has 3 rings (SSSR count). The Kier molecular flexibility index (Phi) is 9.86. The molecular weight excluding hydrogens is 509 g/mol. The zero-order valence-corrected chi connectivity index (χ0v) is 20.9. The van der Waals surface area contributed by atoms with Crippen molar-refractivity contribution < 1.29 is 14.3 Å². The third kappa shape index (κ3) is 7.26. The molecule has 1 saturated carbocycles. The number of benzene rings is 1. The molecule has 2 aliphatic rings. The lowest BCUT2D eigenvalue weighted by atomic mass is 9.86. The number of nitrogens with zero attached hydrogens (tertiary/aromatic N) is 3.